The SMILES string of the molecule is CC(C)c1cc(Oc2c(Br)cc(C(C)C(=O)O)cc2Br)cc(C=Cc2ccccc2)c1O. The normalized spacial score (nSPS) is 12.3. The molecule has 0 aliphatic heterocycles. The summed E-state index contributed by atoms with van der Waals surface area (Å²) in [5, 5.41) is 20.1. The molecule has 0 radical (unpaired) electrons. The van der Waals surface area contributed by atoms with E-state index in [0.717, 1.165) is 11.1 Å². The Balaban J connectivity index is 2.00. The monoisotopic (exact) mass is 558 g/mol. The van der Waals surface area contributed by atoms with Crippen molar-refractivity contribution in [2.24, 2.45) is 0 Å². The Morgan fingerprint density at radius 3 is 2.16 bits per heavy atom. The number of rotatable bonds is 7. The van der Waals surface area contributed by atoms with E-state index in [9.17, 15) is 15.0 Å². The van der Waals surface area contributed by atoms with Crippen molar-refractivity contribution in [2.75, 3.05) is 0 Å². The third-order valence-corrected chi connectivity index (χ3v) is 6.31. The van der Waals surface area contributed by atoms with Crippen molar-refractivity contribution in [2.45, 2.75) is 32.6 Å². The van der Waals surface area contributed by atoms with Crippen LogP contribution in [0.15, 0.2) is 63.5 Å². The second-order valence-electron chi connectivity index (χ2n) is 7.82. The first-order valence-electron chi connectivity index (χ1n) is 10.2. The number of carboxylic acids is 1. The zero-order chi connectivity index (χ0) is 23.4. The van der Waals surface area contributed by atoms with Gasteiger partial charge in [0, 0.05) is 11.1 Å². The van der Waals surface area contributed by atoms with Gasteiger partial charge in [0.25, 0.3) is 0 Å². The number of halogens is 2. The number of aliphatic carboxylic acids is 1. The largest absolute Gasteiger partial charge is 0.507 e. The molecule has 1 unspecified atom stereocenters. The number of carbonyl (C=O) groups is 1. The van der Waals surface area contributed by atoms with E-state index in [1.165, 1.54) is 0 Å². The number of aromatic hydroxyl groups is 1. The summed E-state index contributed by atoms with van der Waals surface area (Å²) >= 11 is 7.01. The van der Waals surface area contributed by atoms with Crippen LogP contribution < -0.4 is 4.74 Å². The van der Waals surface area contributed by atoms with E-state index in [1.54, 1.807) is 25.1 Å². The lowest BCUT2D eigenvalue weighted by Crippen LogP contribution is -2.07. The molecular formula is C26H24Br2O4. The maximum absolute atomic E-state index is 11.3. The van der Waals surface area contributed by atoms with E-state index in [-0.39, 0.29) is 11.7 Å². The summed E-state index contributed by atoms with van der Waals surface area (Å²) in [6.07, 6.45) is 3.81. The van der Waals surface area contributed by atoms with Crippen LogP contribution in [0, 0.1) is 0 Å². The first-order chi connectivity index (χ1) is 15.2. The van der Waals surface area contributed by atoms with Crippen LogP contribution in [0.4, 0.5) is 0 Å². The number of hydrogen-bond acceptors (Lipinski definition) is 3. The quantitative estimate of drug-likeness (QED) is 0.286. The van der Waals surface area contributed by atoms with Crippen LogP contribution >= 0.6 is 31.9 Å². The van der Waals surface area contributed by atoms with E-state index >= 15 is 0 Å². The second-order valence-corrected chi connectivity index (χ2v) is 9.53. The van der Waals surface area contributed by atoms with Crippen LogP contribution in [-0.4, -0.2) is 16.2 Å². The Kier molecular flexibility index (Phi) is 7.80. The first-order valence-corrected chi connectivity index (χ1v) is 11.8. The van der Waals surface area contributed by atoms with Gasteiger partial charge in [-0.05, 0) is 80.1 Å². The Morgan fingerprint density at radius 2 is 1.59 bits per heavy atom. The van der Waals surface area contributed by atoms with Crippen molar-refractivity contribution >= 4 is 50.0 Å². The van der Waals surface area contributed by atoms with Gasteiger partial charge in [0.15, 0.2) is 5.75 Å². The van der Waals surface area contributed by atoms with Crippen molar-refractivity contribution in [1.29, 1.82) is 0 Å². The summed E-state index contributed by atoms with van der Waals surface area (Å²) in [6, 6.07) is 17.0. The van der Waals surface area contributed by atoms with Gasteiger partial charge >= 0.3 is 5.97 Å². The van der Waals surface area contributed by atoms with Crippen molar-refractivity contribution in [3.05, 3.63) is 85.8 Å². The molecule has 0 amide bonds. The Labute approximate surface area is 204 Å². The summed E-state index contributed by atoms with van der Waals surface area (Å²) in [6.45, 7) is 5.66. The summed E-state index contributed by atoms with van der Waals surface area (Å²) in [5.41, 5.74) is 3.11. The average Bonchev–Trinajstić information content (AvgIpc) is 2.75. The van der Waals surface area contributed by atoms with Gasteiger partial charge < -0.3 is 14.9 Å². The number of hydrogen-bond donors (Lipinski definition) is 2. The summed E-state index contributed by atoms with van der Waals surface area (Å²) in [4.78, 5) is 11.3. The highest BCUT2D eigenvalue weighted by Crippen LogP contribution is 2.42. The fourth-order valence-electron chi connectivity index (χ4n) is 3.22. The molecule has 0 saturated heterocycles. The molecule has 2 N–H and O–H groups in total. The van der Waals surface area contributed by atoms with Gasteiger partial charge in [-0.3, -0.25) is 4.79 Å². The van der Waals surface area contributed by atoms with Crippen molar-refractivity contribution in [3.63, 3.8) is 0 Å². The molecule has 0 saturated carbocycles. The summed E-state index contributed by atoms with van der Waals surface area (Å²) in [5.74, 6) is -0.124. The zero-order valence-corrected chi connectivity index (χ0v) is 21.1. The standard InChI is InChI=1S/C26H24Br2O4/c1-15(2)21-14-20(11-18(24(21)29)10-9-17-7-5-4-6-8-17)32-25-22(27)12-19(13-23(25)28)16(3)26(30)31/h4-16,29H,1-3H3,(H,30,31). The van der Waals surface area contributed by atoms with Gasteiger partial charge in [-0.1, -0.05) is 56.3 Å². The van der Waals surface area contributed by atoms with Gasteiger partial charge in [-0.15, -0.1) is 0 Å². The Bertz CT molecular complexity index is 1130. The molecule has 3 rings (SSSR count). The van der Waals surface area contributed by atoms with Crippen LogP contribution in [0.2, 0.25) is 0 Å². The minimum absolute atomic E-state index is 0.0908. The molecule has 3 aromatic rings. The van der Waals surface area contributed by atoms with E-state index in [0.29, 0.717) is 31.6 Å². The minimum Gasteiger partial charge on any atom is -0.507 e. The predicted molar refractivity (Wildman–Crippen MR) is 136 cm³/mol. The molecule has 0 aromatic heterocycles. The van der Waals surface area contributed by atoms with E-state index in [1.807, 2.05) is 62.4 Å². The highest BCUT2D eigenvalue weighted by molar-refractivity contribution is 9.11. The summed E-state index contributed by atoms with van der Waals surface area (Å²) in [7, 11) is 0. The van der Waals surface area contributed by atoms with Gasteiger partial charge in [0.1, 0.15) is 11.5 Å². The lowest BCUT2D eigenvalue weighted by Gasteiger charge is -2.17. The van der Waals surface area contributed by atoms with E-state index < -0.39 is 11.9 Å². The molecule has 32 heavy (non-hydrogen) atoms. The molecular weight excluding hydrogens is 536 g/mol. The lowest BCUT2D eigenvalue weighted by molar-refractivity contribution is -0.138. The summed E-state index contributed by atoms with van der Waals surface area (Å²) < 4.78 is 7.46. The fourth-order valence-corrected chi connectivity index (χ4v) is 4.60. The third kappa shape index (κ3) is 5.61. The first kappa shape index (κ1) is 24.1. The fraction of sp³-hybridized carbons (Fsp3) is 0.192. The molecule has 0 aliphatic rings. The molecule has 0 fully saturated rings. The van der Waals surface area contributed by atoms with Crippen molar-refractivity contribution < 1.29 is 19.7 Å². The number of phenols is 1. The van der Waals surface area contributed by atoms with Crippen LogP contribution in [0.25, 0.3) is 12.2 Å². The van der Waals surface area contributed by atoms with Crippen LogP contribution in [-0.2, 0) is 4.79 Å². The molecule has 166 valence electrons. The molecule has 6 heteroatoms. The van der Waals surface area contributed by atoms with Crippen LogP contribution in [0.5, 0.6) is 17.2 Å². The molecule has 3 aromatic carbocycles. The average molecular weight is 560 g/mol. The number of carboxylic acid groups (broad SMARTS) is 1. The highest BCUT2D eigenvalue weighted by atomic mass is 79.9. The predicted octanol–water partition coefficient (Wildman–Crippen LogP) is 8.19. The molecule has 1 atom stereocenters. The smallest absolute Gasteiger partial charge is 0.310 e. The lowest BCUT2D eigenvalue weighted by atomic mass is 9.98. The van der Waals surface area contributed by atoms with Gasteiger partial charge in [-0.25, -0.2) is 0 Å². The molecule has 0 aliphatic carbocycles. The molecule has 0 spiro atoms. The van der Waals surface area contributed by atoms with E-state index in [4.69, 9.17) is 4.74 Å². The van der Waals surface area contributed by atoms with E-state index in [2.05, 4.69) is 31.9 Å². The Morgan fingerprint density at radius 1 is 0.969 bits per heavy atom. The number of phenolic OH excluding ortho intramolecular Hbond substituents is 1. The molecule has 0 heterocycles. The van der Waals surface area contributed by atoms with Crippen molar-refractivity contribution in [1.82, 2.24) is 0 Å². The maximum atomic E-state index is 11.3. The number of ether oxygens (including phenoxy) is 1. The molecule has 4 nitrogen and oxygen atoms in total. The Hall–Kier alpha value is -2.57. The zero-order valence-electron chi connectivity index (χ0n) is 18.0. The maximum Gasteiger partial charge on any atom is 0.310 e. The van der Waals surface area contributed by atoms with Gasteiger partial charge in [0.2, 0.25) is 0 Å². The van der Waals surface area contributed by atoms with Crippen molar-refractivity contribution in [3.8, 4) is 17.2 Å². The second kappa shape index (κ2) is 10.4. The minimum atomic E-state index is -0.896. The third-order valence-electron chi connectivity index (χ3n) is 5.13. The van der Waals surface area contributed by atoms with Crippen LogP contribution in [0.3, 0.4) is 0 Å². The van der Waals surface area contributed by atoms with Gasteiger partial charge in [0.05, 0.1) is 14.9 Å². The van der Waals surface area contributed by atoms with Gasteiger partial charge in [-0.2, -0.15) is 0 Å². The molecule has 0 bridgehead atoms. The highest BCUT2D eigenvalue weighted by Gasteiger charge is 2.19. The topological polar surface area (TPSA) is 66.8 Å². The number of benzene rings is 3. The van der Waals surface area contributed by atoms with Crippen LogP contribution in [0.1, 0.15) is 54.9 Å².